The maximum atomic E-state index is 9.99. The maximum Gasteiger partial charge on any atom is 0.111 e. The Morgan fingerprint density at radius 1 is 1.24 bits per heavy atom. The van der Waals surface area contributed by atoms with Crippen LogP contribution in [-0.2, 0) is 4.74 Å². The van der Waals surface area contributed by atoms with Gasteiger partial charge in [0.2, 0.25) is 0 Å². The molecule has 0 amide bonds. The van der Waals surface area contributed by atoms with Gasteiger partial charge in [-0.2, -0.15) is 0 Å². The van der Waals surface area contributed by atoms with Crippen LogP contribution in [-0.4, -0.2) is 35.4 Å². The molecule has 0 aliphatic rings. The summed E-state index contributed by atoms with van der Waals surface area (Å²) in [5.41, 5.74) is 0.535. The molecular formula is C11H13Cl3O3. The van der Waals surface area contributed by atoms with Gasteiger partial charge in [-0.3, -0.25) is 0 Å². The summed E-state index contributed by atoms with van der Waals surface area (Å²) < 4.78 is 5.22. The molecule has 1 aromatic rings. The zero-order valence-electron chi connectivity index (χ0n) is 8.94. The third-order valence-electron chi connectivity index (χ3n) is 2.23. The van der Waals surface area contributed by atoms with Crippen molar-refractivity contribution in [3.05, 3.63) is 33.8 Å². The minimum absolute atomic E-state index is 0.255. The van der Waals surface area contributed by atoms with Gasteiger partial charge in [-0.1, -0.05) is 29.3 Å². The minimum atomic E-state index is -0.974. The Kier molecular flexibility index (Phi) is 6.55. The third-order valence-corrected chi connectivity index (χ3v) is 3.12. The van der Waals surface area contributed by atoms with Crippen molar-refractivity contribution in [3.63, 3.8) is 0 Å². The summed E-state index contributed by atoms with van der Waals surface area (Å²) in [6.45, 7) is -0.0521. The van der Waals surface area contributed by atoms with E-state index in [1.54, 1.807) is 18.2 Å². The second-order valence-corrected chi connectivity index (χ2v) is 4.59. The van der Waals surface area contributed by atoms with Gasteiger partial charge in [0.15, 0.2) is 0 Å². The molecule has 0 unspecified atom stereocenters. The quantitative estimate of drug-likeness (QED) is 0.794. The lowest BCUT2D eigenvalue weighted by Gasteiger charge is -2.21. The summed E-state index contributed by atoms with van der Waals surface area (Å²) in [5, 5.41) is 19.9. The van der Waals surface area contributed by atoms with E-state index >= 15 is 0 Å². The van der Waals surface area contributed by atoms with Crippen LogP contribution in [0.3, 0.4) is 0 Å². The lowest BCUT2D eigenvalue weighted by Crippen LogP contribution is -2.27. The summed E-state index contributed by atoms with van der Waals surface area (Å²) in [4.78, 5) is 0. The van der Waals surface area contributed by atoms with Gasteiger partial charge >= 0.3 is 0 Å². The molecule has 3 nitrogen and oxygen atoms in total. The van der Waals surface area contributed by atoms with E-state index in [0.29, 0.717) is 21.5 Å². The highest BCUT2D eigenvalue weighted by Gasteiger charge is 2.21. The topological polar surface area (TPSA) is 49.7 Å². The van der Waals surface area contributed by atoms with Crippen molar-refractivity contribution < 1.29 is 14.9 Å². The molecule has 0 heterocycles. The van der Waals surface area contributed by atoms with Crippen molar-refractivity contribution >= 4 is 34.8 Å². The first-order valence-electron chi connectivity index (χ1n) is 5.01. The van der Waals surface area contributed by atoms with Crippen molar-refractivity contribution in [2.75, 3.05) is 19.1 Å². The van der Waals surface area contributed by atoms with Gasteiger partial charge in [-0.05, 0) is 17.7 Å². The van der Waals surface area contributed by atoms with Crippen LogP contribution in [0.2, 0.25) is 10.0 Å². The molecule has 0 aliphatic carbocycles. The van der Waals surface area contributed by atoms with Gasteiger partial charge < -0.3 is 14.9 Å². The highest BCUT2D eigenvalue weighted by Crippen LogP contribution is 2.27. The van der Waals surface area contributed by atoms with E-state index in [9.17, 15) is 5.11 Å². The zero-order valence-corrected chi connectivity index (χ0v) is 11.2. The van der Waals surface area contributed by atoms with Gasteiger partial charge in [-0.25, -0.2) is 0 Å². The Hall–Kier alpha value is -0.0300. The molecule has 0 saturated carbocycles. The predicted octanol–water partition coefficient (Wildman–Crippen LogP) is 2.64. The number of hydrogen-bond donors (Lipinski definition) is 2. The SMILES string of the molecule is OC[C@@H](OCCCl)[C@@H](O)c1ccc(Cl)c(Cl)c1. The Labute approximate surface area is 115 Å². The van der Waals surface area contributed by atoms with Gasteiger partial charge in [0.05, 0.1) is 23.3 Å². The van der Waals surface area contributed by atoms with Crippen molar-refractivity contribution in [1.29, 1.82) is 0 Å². The molecule has 0 radical (unpaired) electrons. The first kappa shape index (κ1) is 15.0. The first-order chi connectivity index (χ1) is 8.10. The molecule has 1 rings (SSSR count). The molecule has 0 aliphatic heterocycles. The Morgan fingerprint density at radius 2 is 1.94 bits per heavy atom. The average molecular weight is 300 g/mol. The number of hydrogen-bond acceptors (Lipinski definition) is 3. The fourth-order valence-corrected chi connectivity index (χ4v) is 1.75. The summed E-state index contributed by atoms with van der Waals surface area (Å²) in [6.07, 6.45) is -1.70. The van der Waals surface area contributed by atoms with Crippen molar-refractivity contribution in [2.45, 2.75) is 12.2 Å². The van der Waals surface area contributed by atoms with Crippen molar-refractivity contribution in [2.24, 2.45) is 0 Å². The summed E-state index contributed by atoms with van der Waals surface area (Å²) in [5.74, 6) is 0.296. The van der Waals surface area contributed by atoms with E-state index in [1.807, 2.05) is 0 Å². The summed E-state index contributed by atoms with van der Waals surface area (Å²) in [7, 11) is 0. The van der Waals surface area contributed by atoms with Crippen LogP contribution in [0.4, 0.5) is 0 Å². The van der Waals surface area contributed by atoms with Crippen LogP contribution in [0.25, 0.3) is 0 Å². The molecule has 17 heavy (non-hydrogen) atoms. The molecule has 0 bridgehead atoms. The van der Waals surface area contributed by atoms with E-state index in [0.717, 1.165) is 0 Å². The lowest BCUT2D eigenvalue weighted by molar-refractivity contribution is -0.0598. The van der Waals surface area contributed by atoms with E-state index in [1.165, 1.54) is 0 Å². The number of halogens is 3. The van der Waals surface area contributed by atoms with Crippen LogP contribution in [0.15, 0.2) is 18.2 Å². The fraction of sp³-hybridized carbons (Fsp3) is 0.455. The molecule has 6 heteroatoms. The Bertz CT molecular complexity index is 360. The van der Waals surface area contributed by atoms with Gasteiger partial charge in [0.1, 0.15) is 12.2 Å². The molecular weight excluding hydrogens is 286 g/mol. The summed E-state index contributed by atoms with van der Waals surface area (Å²) in [6, 6.07) is 4.76. The van der Waals surface area contributed by atoms with Gasteiger partial charge in [0.25, 0.3) is 0 Å². The number of benzene rings is 1. The number of ether oxygens (including phenoxy) is 1. The smallest absolute Gasteiger partial charge is 0.111 e. The predicted molar refractivity (Wildman–Crippen MR) is 69.0 cm³/mol. The van der Waals surface area contributed by atoms with Crippen LogP contribution >= 0.6 is 34.8 Å². The maximum absolute atomic E-state index is 9.99. The number of alkyl halides is 1. The van der Waals surface area contributed by atoms with Crippen LogP contribution in [0.5, 0.6) is 0 Å². The minimum Gasteiger partial charge on any atom is -0.394 e. The van der Waals surface area contributed by atoms with E-state index in [2.05, 4.69) is 0 Å². The molecule has 0 spiro atoms. The monoisotopic (exact) mass is 298 g/mol. The van der Waals surface area contributed by atoms with Crippen molar-refractivity contribution in [3.8, 4) is 0 Å². The number of aliphatic hydroxyl groups is 2. The van der Waals surface area contributed by atoms with Crippen LogP contribution in [0.1, 0.15) is 11.7 Å². The molecule has 1 aromatic carbocycles. The van der Waals surface area contributed by atoms with Gasteiger partial charge in [0, 0.05) is 5.88 Å². The second kappa shape index (κ2) is 7.41. The number of rotatable bonds is 6. The largest absolute Gasteiger partial charge is 0.394 e. The molecule has 2 atom stereocenters. The fourth-order valence-electron chi connectivity index (χ4n) is 1.35. The van der Waals surface area contributed by atoms with E-state index in [-0.39, 0.29) is 13.2 Å². The third kappa shape index (κ3) is 4.28. The van der Waals surface area contributed by atoms with Gasteiger partial charge in [-0.15, -0.1) is 11.6 Å². The van der Waals surface area contributed by atoms with E-state index in [4.69, 9.17) is 44.6 Å². The van der Waals surface area contributed by atoms with Crippen LogP contribution < -0.4 is 0 Å². The normalized spacial score (nSPS) is 14.6. The first-order valence-corrected chi connectivity index (χ1v) is 6.30. The zero-order chi connectivity index (χ0) is 12.8. The second-order valence-electron chi connectivity index (χ2n) is 3.40. The molecule has 96 valence electrons. The highest BCUT2D eigenvalue weighted by molar-refractivity contribution is 6.42. The Balaban J connectivity index is 2.78. The molecule has 0 aromatic heterocycles. The lowest BCUT2D eigenvalue weighted by atomic mass is 10.0. The van der Waals surface area contributed by atoms with Crippen LogP contribution in [0, 0.1) is 0 Å². The molecule has 2 N–H and O–H groups in total. The molecule has 0 saturated heterocycles. The van der Waals surface area contributed by atoms with Crippen molar-refractivity contribution in [1.82, 2.24) is 0 Å². The summed E-state index contributed by atoms with van der Waals surface area (Å²) >= 11 is 17.1. The standard InChI is InChI=1S/C11H13Cl3O3/c12-3-4-17-10(6-15)11(16)7-1-2-8(13)9(14)5-7/h1-2,5,10-11,15-16H,3-4,6H2/t10-,11+/m1/s1. The Morgan fingerprint density at radius 3 is 2.47 bits per heavy atom. The number of aliphatic hydroxyl groups excluding tert-OH is 2. The highest BCUT2D eigenvalue weighted by atomic mass is 35.5. The average Bonchev–Trinajstić information content (AvgIpc) is 2.33. The van der Waals surface area contributed by atoms with E-state index < -0.39 is 12.2 Å². The molecule has 0 fully saturated rings.